The molecule has 130 valence electrons. The molecule has 0 aliphatic carbocycles. The molecule has 12 heteroatoms. The van der Waals surface area contributed by atoms with Crippen LogP contribution in [0.15, 0.2) is 6.33 Å². The molecule has 0 radical (unpaired) electrons. The highest BCUT2D eigenvalue weighted by atomic mass is 16.6. The smallest absolute Gasteiger partial charge is 0.341 e. The Bertz CT molecular complexity index is 766. The minimum atomic E-state index is -1.33. The quantitative estimate of drug-likeness (QED) is 0.386. The molecule has 0 amide bonds. The number of aromatic nitrogens is 4. The second-order valence-electron chi connectivity index (χ2n) is 5.13. The van der Waals surface area contributed by atoms with Gasteiger partial charge < -0.3 is 35.6 Å². The molecule has 1 aliphatic heterocycles. The number of aliphatic hydroxyl groups is 3. The molecule has 4 atom stereocenters. The van der Waals surface area contributed by atoms with Crippen LogP contribution in [0.4, 0.5) is 5.82 Å². The van der Waals surface area contributed by atoms with E-state index in [1.807, 2.05) is 0 Å². The van der Waals surface area contributed by atoms with Gasteiger partial charge in [0.15, 0.2) is 29.8 Å². The lowest BCUT2D eigenvalue weighted by atomic mass is 10.1. The van der Waals surface area contributed by atoms with Gasteiger partial charge in [-0.05, 0) is 0 Å². The topological polar surface area (TPSA) is 186 Å². The zero-order chi connectivity index (χ0) is 17.4. The van der Waals surface area contributed by atoms with E-state index in [0.717, 1.165) is 0 Å². The number of nitrogens with two attached hydrogens (primary N) is 1. The Morgan fingerprint density at radius 3 is 2.75 bits per heavy atom. The molecule has 24 heavy (non-hydrogen) atoms. The molecule has 0 aromatic carbocycles. The van der Waals surface area contributed by atoms with Gasteiger partial charge in [-0.15, -0.1) is 0 Å². The lowest BCUT2D eigenvalue weighted by molar-refractivity contribution is -0.139. The number of nitrogen functional groups attached to an aromatic ring is 1. The fourth-order valence-electron chi connectivity index (χ4n) is 2.40. The number of carboxylic acids is 1. The number of anilines is 1. The minimum absolute atomic E-state index is 0.0501. The van der Waals surface area contributed by atoms with E-state index in [9.17, 15) is 15.0 Å². The van der Waals surface area contributed by atoms with Crippen molar-refractivity contribution in [2.24, 2.45) is 0 Å². The number of aliphatic carboxylic acids is 1. The first-order valence-corrected chi connectivity index (χ1v) is 6.89. The van der Waals surface area contributed by atoms with Gasteiger partial charge in [0.2, 0.25) is 0 Å². The predicted octanol–water partition coefficient (Wildman–Crippen LogP) is -2.52. The summed E-state index contributed by atoms with van der Waals surface area (Å²) in [5.74, 6) is -1.26. The van der Waals surface area contributed by atoms with E-state index >= 15 is 0 Å². The monoisotopic (exact) mass is 341 g/mol. The molecule has 6 N–H and O–H groups in total. The van der Waals surface area contributed by atoms with Gasteiger partial charge in [-0.2, -0.15) is 9.97 Å². The summed E-state index contributed by atoms with van der Waals surface area (Å²) < 4.78 is 11.6. The van der Waals surface area contributed by atoms with Crippen LogP contribution in [0.3, 0.4) is 0 Å². The van der Waals surface area contributed by atoms with Crippen molar-refractivity contribution in [3.63, 3.8) is 0 Å². The van der Waals surface area contributed by atoms with Crippen LogP contribution in [-0.4, -0.2) is 77.4 Å². The maximum atomic E-state index is 10.6. The summed E-state index contributed by atoms with van der Waals surface area (Å²) in [6, 6.07) is -0.282. The second kappa shape index (κ2) is 6.16. The zero-order valence-electron chi connectivity index (χ0n) is 12.2. The van der Waals surface area contributed by atoms with Crippen LogP contribution in [0.5, 0.6) is 6.01 Å². The number of hydrogen-bond donors (Lipinski definition) is 5. The van der Waals surface area contributed by atoms with E-state index < -0.39 is 43.7 Å². The largest absolute Gasteiger partial charge is 0.479 e. The maximum absolute atomic E-state index is 10.6. The van der Waals surface area contributed by atoms with Crippen LogP contribution in [0.1, 0.15) is 6.23 Å². The third-order valence-electron chi connectivity index (χ3n) is 3.54. The molecule has 3 heterocycles. The van der Waals surface area contributed by atoms with Crippen molar-refractivity contribution in [1.82, 2.24) is 19.5 Å². The number of ether oxygens (including phenoxy) is 2. The second-order valence-corrected chi connectivity index (χ2v) is 5.13. The molecule has 3 rings (SSSR count). The number of rotatable bonds is 5. The summed E-state index contributed by atoms with van der Waals surface area (Å²) in [6.07, 6.45) is -3.39. The molecular weight excluding hydrogens is 326 g/mol. The Morgan fingerprint density at radius 1 is 1.38 bits per heavy atom. The normalized spacial score (nSPS) is 26.8. The lowest BCUT2D eigenvalue weighted by Gasteiger charge is -2.16. The number of hydrogen-bond acceptors (Lipinski definition) is 10. The van der Waals surface area contributed by atoms with Crippen molar-refractivity contribution in [2.75, 3.05) is 18.9 Å². The predicted molar refractivity (Wildman–Crippen MR) is 75.9 cm³/mol. The molecule has 1 fully saturated rings. The Kier molecular flexibility index (Phi) is 4.19. The highest BCUT2D eigenvalue weighted by Gasteiger charge is 2.44. The Morgan fingerprint density at radius 2 is 2.12 bits per heavy atom. The highest BCUT2D eigenvalue weighted by molar-refractivity contribution is 5.82. The Balaban J connectivity index is 1.98. The summed E-state index contributed by atoms with van der Waals surface area (Å²) in [4.78, 5) is 22.4. The van der Waals surface area contributed by atoms with Crippen LogP contribution in [0.25, 0.3) is 11.2 Å². The number of aliphatic hydroxyl groups excluding tert-OH is 3. The summed E-state index contributed by atoms with van der Waals surface area (Å²) >= 11 is 0. The first-order valence-electron chi connectivity index (χ1n) is 6.89. The van der Waals surface area contributed by atoms with Gasteiger partial charge in [0, 0.05) is 0 Å². The van der Waals surface area contributed by atoms with E-state index in [1.165, 1.54) is 10.9 Å². The average molecular weight is 341 g/mol. The lowest BCUT2D eigenvalue weighted by Crippen LogP contribution is -2.33. The summed E-state index contributed by atoms with van der Waals surface area (Å²) in [5, 5.41) is 37.7. The molecular formula is C12H15N5O7. The molecule has 1 aliphatic rings. The van der Waals surface area contributed by atoms with Gasteiger partial charge in [-0.3, -0.25) is 4.57 Å². The van der Waals surface area contributed by atoms with E-state index in [0.29, 0.717) is 0 Å². The van der Waals surface area contributed by atoms with Crippen molar-refractivity contribution in [3.8, 4) is 6.01 Å². The molecule has 0 spiro atoms. The molecule has 0 saturated carbocycles. The van der Waals surface area contributed by atoms with Gasteiger partial charge >= 0.3 is 12.0 Å². The Hall–Kier alpha value is -2.54. The average Bonchev–Trinajstić information content (AvgIpc) is 3.08. The van der Waals surface area contributed by atoms with Crippen molar-refractivity contribution in [1.29, 1.82) is 0 Å². The highest BCUT2D eigenvalue weighted by Crippen LogP contribution is 2.32. The molecule has 1 saturated heterocycles. The first kappa shape index (κ1) is 16.3. The van der Waals surface area contributed by atoms with Crippen molar-refractivity contribution in [2.45, 2.75) is 24.5 Å². The molecule has 2 aromatic rings. The van der Waals surface area contributed by atoms with Crippen molar-refractivity contribution < 1.29 is 34.7 Å². The van der Waals surface area contributed by atoms with E-state index in [1.54, 1.807) is 0 Å². The third kappa shape index (κ3) is 2.71. The zero-order valence-corrected chi connectivity index (χ0v) is 12.2. The van der Waals surface area contributed by atoms with E-state index in [2.05, 4.69) is 15.0 Å². The number of carboxylic acid groups (broad SMARTS) is 1. The standard InChI is InChI=1S/C12H15N5O7/c13-9-6-10(16-12(15-9)23-2-5(19)20)17(3-14-6)11-8(22)7(21)4(1-18)24-11/h3-4,7-8,11,18,21-22H,1-2H2,(H,19,20)(H2,13,15,16)/t4-,7?,8?,11-/m1/s1. The van der Waals surface area contributed by atoms with Crippen LogP contribution >= 0.6 is 0 Å². The summed E-state index contributed by atoms with van der Waals surface area (Å²) in [5.41, 5.74) is 6.06. The Labute approximate surface area is 134 Å². The number of imidazole rings is 1. The molecule has 12 nitrogen and oxygen atoms in total. The number of fused-ring (bicyclic) bond motifs is 1. The van der Waals surface area contributed by atoms with Gasteiger partial charge in [0.1, 0.15) is 18.3 Å². The van der Waals surface area contributed by atoms with Crippen LogP contribution < -0.4 is 10.5 Å². The van der Waals surface area contributed by atoms with Gasteiger partial charge in [0.05, 0.1) is 12.9 Å². The molecule has 2 aromatic heterocycles. The third-order valence-corrected chi connectivity index (χ3v) is 3.54. The van der Waals surface area contributed by atoms with Gasteiger partial charge in [0.25, 0.3) is 0 Å². The van der Waals surface area contributed by atoms with E-state index in [4.69, 9.17) is 25.4 Å². The molecule has 0 bridgehead atoms. The maximum Gasteiger partial charge on any atom is 0.341 e. The molecule has 2 unspecified atom stereocenters. The van der Waals surface area contributed by atoms with Crippen LogP contribution in [0, 0.1) is 0 Å². The summed E-state index contributed by atoms with van der Waals surface area (Å²) in [6.45, 7) is -1.14. The van der Waals surface area contributed by atoms with Crippen LogP contribution in [0.2, 0.25) is 0 Å². The number of carbonyl (C=O) groups is 1. The first-order chi connectivity index (χ1) is 11.4. The SMILES string of the molecule is Nc1nc(OCC(=O)O)nc2c1ncn2[C@@H]1O[C@H](CO)C(O)C1O. The van der Waals surface area contributed by atoms with Crippen molar-refractivity contribution >= 4 is 23.0 Å². The fraction of sp³-hybridized carbons (Fsp3) is 0.500. The fourth-order valence-corrected chi connectivity index (χ4v) is 2.40. The van der Waals surface area contributed by atoms with E-state index in [-0.39, 0.29) is 23.0 Å². The van der Waals surface area contributed by atoms with Gasteiger partial charge in [-0.25, -0.2) is 9.78 Å². The van der Waals surface area contributed by atoms with Crippen molar-refractivity contribution in [3.05, 3.63) is 6.33 Å². The minimum Gasteiger partial charge on any atom is -0.479 e. The van der Waals surface area contributed by atoms with Crippen LogP contribution in [-0.2, 0) is 9.53 Å². The number of nitrogens with zero attached hydrogens (tertiary/aromatic N) is 4. The van der Waals surface area contributed by atoms with Gasteiger partial charge in [-0.1, -0.05) is 0 Å². The summed E-state index contributed by atoms with van der Waals surface area (Å²) in [7, 11) is 0.